The van der Waals surface area contributed by atoms with Crippen LogP contribution in [0.15, 0.2) is 67.3 Å². The van der Waals surface area contributed by atoms with Gasteiger partial charge in [-0.2, -0.15) is 0 Å². The molecule has 0 heterocycles. The maximum absolute atomic E-state index is 12.2. The molecule has 0 fully saturated rings. The number of rotatable bonds is 7. The molecule has 0 aliphatic heterocycles. The predicted octanol–water partition coefficient (Wildman–Crippen LogP) is 4.59. The number of benzene rings is 2. The van der Waals surface area contributed by atoms with Crippen LogP contribution in [0.2, 0.25) is 0 Å². The molecule has 3 rings (SSSR count). The number of Topliss-reactive ketones (excluding diaryl/α,β-unsaturated/α-hetero) is 1. The van der Waals surface area contributed by atoms with Gasteiger partial charge in [0, 0.05) is 5.56 Å². The van der Waals surface area contributed by atoms with E-state index >= 15 is 0 Å². The number of allylic oxidation sites excluding steroid dienone is 2. The highest BCUT2D eigenvalue weighted by Gasteiger charge is 2.19. The molecule has 0 saturated heterocycles. The van der Waals surface area contributed by atoms with Gasteiger partial charge in [-0.3, -0.25) is 4.79 Å². The molecule has 2 aromatic rings. The lowest BCUT2D eigenvalue weighted by molar-refractivity contribution is 0.0768. The largest absolute Gasteiger partial charge is 0.373 e. The van der Waals surface area contributed by atoms with E-state index in [2.05, 4.69) is 36.9 Å². The van der Waals surface area contributed by atoms with Crippen LogP contribution in [-0.4, -0.2) is 19.0 Å². The molecule has 0 radical (unpaired) electrons. The van der Waals surface area contributed by atoms with E-state index in [1.165, 1.54) is 22.3 Å². The van der Waals surface area contributed by atoms with Crippen molar-refractivity contribution in [3.63, 3.8) is 0 Å². The average molecular weight is 304 g/mol. The number of ether oxygens (including phenoxy) is 1. The normalized spacial score (nSPS) is 12.2. The lowest BCUT2D eigenvalue weighted by atomic mass is 10.0. The Labute approximate surface area is 137 Å². The van der Waals surface area contributed by atoms with Crippen molar-refractivity contribution in [1.82, 2.24) is 0 Å². The summed E-state index contributed by atoms with van der Waals surface area (Å²) in [5.74, 6) is 0.0384. The van der Waals surface area contributed by atoms with Crippen molar-refractivity contribution >= 4 is 5.78 Å². The summed E-state index contributed by atoms with van der Waals surface area (Å²) in [6.45, 7) is 4.29. The highest BCUT2D eigenvalue weighted by molar-refractivity contribution is 5.98. The smallest absolute Gasteiger partial charge is 0.188 e. The second-order valence-corrected chi connectivity index (χ2v) is 5.63. The van der Waals surface area contributed by atoms with Crippen molar-refractivity contribution < 1.29 is 9.53 Å². The molecule has 2 nitrogen and oxygen atoms in total. The highest BCUT2D eigenvalue weighted by atomic mass is 16.5. The van der Waals surface area contributed by atoms with Gasteiger partial charge < -0.3 is 4.74 Å². The molecule has 0 unspecified atom stereocenters. The van der Waals surface area contributed by atoms with Gasteiger partial charge in [-0.1, -0.05) is 61.2 Å². The molecule has 0 amide bonds. The van der Waals surface area contributed by atoms with Crippen LogP contribution >= 0.6 is 0 Å². The Morgan fingerprint density at radius 2 is 1.96 bits per heavy atom. The van der Waals surface area contributed by atoms with E-state index in [0.717, 1.165) is 18.4 Å². The topological polar surface area (TPSA) is 26.3 Å². The Hall–Kier alpha value is -2.45. The van der Waals surface area contributed by atoms with E-state index in [-0.39, 0.29) is 12.4 Å². The third-order valence-corrected chi connectivity index (χ3v) is 4.05. The Morgan fingerprint density at radius 3 is 2.83 bits per heavy atom. The van der Waals surface area contributed by atoms with Crippen LogP contribution in [0.25, 0.3) is 11.1 Å². The monoisotopic (exact) mass is 304 g/mol. The van der Waals surface area contributed by atoms with Crippen molar-refractivity contribution in [2.45, 2.75) is 12.8 Å². The van der Waals surface area contributed by atoms with Gasteiger partial charge in [0.15, 0.2) is 5.78 Å². The lowest BCUT2D eigenvalue weighted by Gasteiger charge is -2.05. The van der Waals surface area contributed by atoms with Gasteiger partial charge in [-0.15, -0.1) is 0 Å². The van der Waals surface area contributed by atoms with Crippen LogP contribution in [0.3, 0.4) is 0 Å². The Kier molecular flexibility index (Phi) is 4.84. The first-order chi connectivity index (χ1) is 11.3. The summed E-state index contributed by atoms with van der Waals surface area (Å²) in [6.07, 6.45) is 7.28. The highest BCUT2D eigenvalue weighted by Crippen LogP contribution is 2.36. The molecule has 1 aliphatic rings. The molecular formula is C21H20O2. The molecule has 23 heavy (non-hydrogen) atoms. The summed E-state index contributed by atoms with van der Waals surface area (Å²) in [6, 6.07) is 14.4. The molecule has 0 spiro atoms. The quantitative estimate of drug-likeness (QED) is 0.362. The van der Waals surface area contributed by atoms with E-state index in [4.69, 9.17) is 4.74 Å². The van der Waals surface area contributed by atoms with Gasteiger partial charge in [-0.05, 0) is 41.2 Å². The van der Waals surface area contributed by atoms with Crippen LogP contribution in [-0.2, 0) is 11.2 Å². The van der Waals surface area contributed by atoms with Gasteiger partial charge in [0.1, 0.15) is 6.61 Å². The van der Waals surface area contributed by atoms with Crippen molar-refractivity contribution in [2.75, 3.05) is 13.2 Å². The fourth-order valence-electron chi connectivity index (χ4n) is 2.91. The zero-order chi connectivity index (χ0) is 16.1. The number of hydrogen-bond donors (Lipinski definition) is 0. The summed E-state index contributed by atoms with van der Waals surface area (Å²) in [5.41, 5.74) is 5.82. The molecule has 2 aromatic carbocycles. The fraction of sp³-hybridized carbons (Fsp3) is 0.190. The van der Waals surface area contributed by atoms with Crippen LogP contribution < -0.4 is 0 Å². The number of ketones is 1. The minimum Gasteiger partial charge on any atom is -0.373 e. The van der Waals surface area contributed by atoms with E-state index in [0.29, 0.717) is 6.61 Å². The van der Waals surface area contributed by atoms with Gasteiger partial charge in [0.25, 0.3) is 0 Å². The minimum atomic E-state index is 0.0384. The van der Waals surface area contributed by atoms with E-state index in [1.54, 1.807) is 6.08 Å². The standard InChI is InChI=1S/C21H20O2/c1-2-3-4-7-12-23-15-21(22)17-10-11-20-18(14-17)13-16-8-5-6-9-19(16)20/h2-6,8-11,14H,1,7,12-13,15H2/b4-3+. The Balaban J connectivity index is 1.62. The van der Waals surface area contributed by atoms with Crippen LogP contribution in [0.4, 0.5) is 0 Å². The minimum absolute atomic E-state index is 0.0384. The number of hydrogen-bond acceptors (Lipinski definition) is 2. The Morgan fingerprint density at radius 1 is 1.13 bits per heavy atom. The molecule has 116 valence electrons. The molecule has 1 aliphatic carbocycles. The first-order valence-corrected chi connectivity index (χ1v) is 7.89. The van der Waals surface area contributed by atoms with Gasteiger partial charge in [0.2, 0.25) is 0 Å². The number of carbonyl (C=O) groups is 1. The maximum Gasteiger partial charge on any atom is 0.188 e. The third-order valence-electron chi connectivity index (χ3n) is 4.05. The fourth-order valence-corrected chi connectivity index (χ4v) is 2.91. The van der Waals surface area contributed by atoms with Gasteiger partial charge in [0.05, 0.1) is 6.61 Å². The molecule has 0 bridgehead atoms. The van der Waals surface area contributed by atoms with Crippen LogP contribution in [0.5, 0.6) is 0 Å². The van der Waals surface area contributed by atoms with Gasteiger partial charge in [-0.25, -0.2) is 0 Å². The lowest BCUT2D eigenvalue weighted by Crippen LogP contribution is -2.10. The molecule has 0 saturated carbocycles. The summed E-state index contributed by atoms with van der Waals surface area (Å²) >= 11 is 0. The molecule has 0 aromatic heterocycles. The van der Waals surface area contributed by atoms with Crippen LogP contribution in [0.1, 0.15) is 27.9 Å². The summed E-state index contributed by atoms with van der Waals surface area (Å²) in [5, 5.41) is 0. The second kappa shape index (κ2) is 7.21. The van der Waals surface area contributed by atoms with Crippen LogP contribution in [0, 0.1) is 0 Å². The maximum atomic E-state index is 12.2. The zero-order valence-corrected chi connectivity index (χ0v) is 13.1. The van der Waals surface area contributed by atoms with E-state index < -0.39 is 0 Å². The SMILES string of the molecule is C=C/C=C/CCOCC(=O)c1ccc2c(c1)Cc1ccccc1-2. The summed E-state index contributed by atoms with van der Waals surface area (Å²) in [4.78, 5) is 12.2. The van der Waals surface area contributed by atoms with Crippen molar-refractivity contribution in [3.8, 4) is 11.1 Å². The third kappa shape index (κ3) is 3.49. The van der Waals surface area contributed by atoms with Crippen molar-refractivity contribution in [3.05, 3.63) is 84.0 Å². The van der Waals surface area contributed by atoms with E-state index in [1.807, 2.05) is 24.3 Å². The van der Waals surface area contributed by atoms with Crippen molar-refractivity contribution in [1.29, 1.82) is 0 Å². The first kappa shape index (κ1) is 15.4. The molecular weight excluding hydrogens is 284 g/mol. The zero-order valence-electron chi connectivity index (χ0n) is 13.1. The molecule has 0 atom stereocenters. The molecule has 2 heteroatoms. The van der Waals surface area contributed by atoms with Crippen molar-refractivity contribution in [2.24, 2.45) is 0 Å². The van der Waals surface area contributed by atoms with Gasteiger partial charge >= 0.3 is 0 Å². The average Bonchev–Trinajstić information content (AvgIpc) is 2.95. The predicted molar refractivity (Wildman–Crippen MR) is 93.8 cm³/mol. The molecule has 0 N–H and O–H groups in total. The Bertz CT molecular complexity index is 756. The number of carbonyl (C=O) groups excluding carboxylic acids is 1. The van der Waals surface area contributed by atoms with E-state index in [9.17, 15) is 4.79 Å². The summed E-state index contributed by atoms with van der Waals surface area (Å²) in [7, 11) is 0. The first-order valence-electron chi connectivity index (χ1n) is 7.89. The number of fused-ring (bicyclic) bond motifs is 3. The summed E-state index contributed by atoms with van der Waals surface area (Å²) < 4.78 is 5.44. The second-order valence-electron chi connectivity index (χ2n) is 5.63.